The number of rotatable bonds is 5. The van der Waals surface area contributed by atoms with Crippen LogP contribution in [0.1, 0.15) is 19.8 Å². The van der Waals surface area contributed by atoms with Crippen LogP contribution in [0.15, 0.2) is 23.2 Å². The van der Waals surface area contributed by atoms with E-state index in [0.717, 1.165) is 6.42 Å². The van der Waals surface area contributed by atoms with Crippen molar-refractivity contribution in [2.24, 2.45) is 10.7 Å². The third-order valence-corrected chi connectivity index (χ3v) is 3.21. The third kappa shape index (κ3) is 3.73. The number of hydrogen-bond acceptors (Lipinski definition) is 4. The maximum atomic E-state index is 13.1. The van der Waals surface area contributed by atoms with Gasteiger partial charge in [-0.05, 0) is 18.6 Å². The molecule has 4 nitrogen and oxygen atoms in total. The van der Waals surface area contributed by atoms with Crippen LogP contribution in [0.2, 0.25) is 5.02 Å². The Morgan fingerprint density at radius 3 is 3.00 bits per heavy atom. The zero-order chi connectivity index (χ0) is 13.8. The molecule has 0 fully saturated rings. The van der Waals surface area contributed by atoms with E-state index in [2.05, 4.69) is 4.99 Å². The van der Waals surface area contributed by atoms with Crippen molar-refractivity contribution in [2.75, 3.05) is 6.61 Å². The number of ether oxygens (including phenoxy) is 2. The van der Waals surface area contributed by atoms with E-state index in [1.165, 1.54) is 12.1 Å². The number of nitrogens with zero attached hydrogens (tertiary/aromatic N) is 1. The van der Waals surface area contributed by atoms with Gasteiger partial charge in [-0.2, -0.15) is 0 Å². The molecule has 0 spiro atoms. The molecule has 2 rings (SSSR count). The SMILES string of the molecule is CCC(CC1COC(N)=N1)Oc1ccc(F)c(Cl)c1. The van der Waals surface area contributed by atoms with Gasteiger partial charge in [-0.3, -0.25) is 0 Å². The minimum absolute atomic E-state index is 0.0147. The fourth-order valence-electron chi connectivity index (χ4n) is 1.90. The van der Waals surface area contributed by atoms with Crippen molar-refractivity contribution in [3.8, 4) is 5.75 Å². The summed E-state index contributed by atoms with van der Waals surface area (Å²) in [5, 5.41) is 0.0545. The van der Waals surface area contributed by atoms with E-state index in [1.807, 2.05) is 6.92 Å². The number of hydrogen-bond donors (Lipinski definition) is 1. The van der Waals surface area contributed by atoms with Crippen LogP contribution in [-0.2, 0) is 4.74 Å². The van der Waals surface area contributed by atoms with Crippen molar-refractivity contribution in [1.82, 2.24) is 0 Å². The van der Waals surface area contributed by atoms with Crippen molar-refractivity contribution in [2.45, 2.75) is 31.9 Å². The van der Waals surface area contributed by atoms with Crippen molar-refractivity contribution >= 4 is 17.6 Å². The Morgan fingerprint density at radius 2 is 2.42 bits per heavy atom. The van der Waals surface area contributed by atoms with Crippen LogP contribution >= 0.6 is 11.6 Å². The van der Waals surface area contributed by atoms with Gasteiger partial charge in [0.2, 0.25) is 0 Å². The van der Waals surface area contributed by atoms with E-state index in [4.69, 9.17) is 26.8 Å². The lowest BCUT2D eigenvalue weighted by molar-refractivity contribution is 0.168. The van der Waals surface area contributed by atoms with Gasteiger partial charge in [0, 0.05) is 12.5 Å². The number of amidine groups is 1. The molecule has 104 valence electrons. The van der Waals surface area contributed by atoms with Gasteiger partial charge in [0.1, 0.15) is 24.3 Å². The normalized spacial score (nSPS) is 19.7. The minimum atomic E-state index is -0.455. The van der Waals surface area contributed by atoms with Crippen LogP contribution in [0.4, 0.5) is 4.39 Å². The molecular formula is C13H16ClFN2O2. The van der Waals surface area contributed by atoms with E-state index in [-0.39, 0.29) is 23.2 Å². The van der Waals surface area contributed by atoms with Crippen molar-refractivity contribution in [3.63, 3.8) is 0 Å². The molecule has 0 bridgehead atoms. The molecule has 0 amide bonds. The number of halogens is 2. The fraction of sp³-hybridized carbons (Fsp3) is 0.462. The highest BCUT2D eigenvalue weighted by Crippen LogP contribution is 2.24. The Hall–Kier alpha value is -1.49. The maximum absolute atomic E-state index is 13.1. The third-order valence-electron chi connectivity index (χ3n) is 2.92. The van der Waals surface area contributed by atoms with Crippen LogP contribution in [0.25, 0.3) is 0 Å². The first kappa shape index (κ1) is 13.9. The van der Waals surface area contributed by atoms with Gasteiger partial charge in [-0.15, -0.1) is 0 Å². The first-order valence-electron chi connectivity index (χ1n) is 6.16. The largest absolute Gasteiger partial charge is 0.490 e. The van der Waals surface area contributed by atoms with E-state index in [1.54, 1.807) is 6.07 Å². The van der Waals surface area contributed by atoms with Crippen LogP contribution in [0, 0.1) is 5.82 Å². The molecule has 2 unspecified atom stereocenters. The Kier molecular flexibility index (Phi) is 4.47. The zero-order valence-electron chi connectivity index (χ0n) is 10.6. The summed E-state index contributed by atoms with van der Waals surface area (Å²) < 4.78 is 23.9. The van der Waals surface area contributed by atoms with Gasteiger partial charge in [0.15, 0.2) is 0 Å². The molecule has 0 saturated heterocycles. The predicted molar refractivity (Wildman–Crippen MR) is 72.1 cm³/mol. The highest BCUT2D eigenvalue weighted by atomic mass is 35.5. The molecule has 1 heterocycles. The van der Waals surface area contributed by atoms with Gasteiger partial charge < -0.3 is 15.2 Å². The Balaban J connectivity index is 1.96. The summed E-state index contributed by atoms with van der Waals surface area (Å²) in [4.78, 5) is 4.16. The molecule has 0 aliphatic carbocycles. The summed E-state index contributed by atoms with van der Waals surface area (Å²) >= 11 is 5.72. The summed E-state index contributed by atoms with van der Waals surface area (Å²) in [6.07, 6.45) is 1.47. The fourth-order valence-corrected chi connectivity index (χ4v) is 2.07. The van der Waals surface area contributed by atoms with Gasteiger partial charge in [0.25, 0.3) is 6.02 Å². The monoisotopic (exact) mass is 286 g/mol. The lowest BCUT2D eigenvalue weighted by atomic mass is 10.1. The number of benzene rings is 1. The average molecular weight is 287 g/mol. The molecule has 0 aromatic heterocycles. The van der Waals surface area contributed by atoms with Gasteiger partial charge in [-0.1, -0.05) is 18.5 Å². The molecule has 2 N–H and O–H groups in total. The number of aliphatic imine (C=N–C) groups is 1. The summed E-state index contributed by atoms with van der Waals surface area (Å²) in [6, 6.07) is 4.57. The van der Waals surface area contributed by atoms with Crippen LogP contribution in [-0.4, -0.2) is 24.8 Å². The topological polar surface area (TPSA) is 56.8 Å². The molecular weight excluding hydrogens is 271 g/mol. The smallest absolute Gasteiger partial charge is 0.282 e. The van der Waals surface area contributed by atoms with Crippen LogP contribution in [0.5, 0.6) is 5.75 Å². The first-order chi connectivity index (χ1) is 9.08. The lowest BCUT2D eigenvalue weighted by Gasteiger charge is -2.19. The van der Waals surface area contributed by atoms with Crippen molar-refractivity contribution < 1.29 is 13.9 Å². The predicted octanol–water partition coefficient (Wildman–Crippen LogP) is 2.74. The Labute approximate surface area is 116 Å². The molecule has 1 aliphatic heterocycles. The maximum Gasteiger partial charge on any atom is 0.282 e. The lowest BCUT2D eigenvalue weighted by Crippen LogP contribution is -2.22. The molecule has 6 heteroatoms. The number of nitrogens with two attached hydrogens (primary N) is 1. The molecule has 1 aromatic carbocycles. The minimum Gasteiger partial charge on any atom is -0.490 e. The average Bonchev–Trinajstić information content (AvgIpc) is 2.78. The van der Waals surface area contributed by atoms with Crippen LogP contribution in [0.3, 0.4) is 0 Å². The van der Waals surface area contributed by atoms with Gasteiger partial charge >= 0.3 is 0 Å². The highest BCUT2D eigenvalue weighted by molar-refractivity contribution is 6.30. The van der Waals surface area contributed by atoms with E-state index >= 15 is 0 Å². The Bertz CT molecular complexity index is 482. The second kappa shape index (κ2) is 6.10. The zero-order valence-corrected chi connectivity index (χ0v) is 11.4. The summed E-state index contributed by atoms with van der Waals surface area (Å²) in [5.41, 5.74) is 5.46. The van der Waals surface area contributed by atoms with Crippen molar-refractivity contribution in [3.05, 3.63) is 29.0 Å². The van der Waals surface area contributed by atoms with Gasteiger partial charge in [0.05, 0.1) is 11.1 Å². The van der Waals surface area contributed by atoms with E-state index in [9.17, 15) is 4.39 Å². The standard InChI is InChI=1S/C13H16ClFN2O2/c1-2-9(5-8-7-18-13(16)17-8)19-10-3-4-12(15)11(14)6-10/h3-4,6,8-9H,2,5,7H2,1H3,(H2,16,17). The second-order valence-electron chi connectivity index (χ2n) is 4.39. The quantitative estimate of drug-likeness (QED) is 0.905. The molecule has 2 atom stereocenters. The molecule has 0 saturated carbocycles. The second-order valence-corrected chi connectivity index (χ2v) is 4.80. The summed E-state index contributed by atoms with van der Waals surface area (Å²) in [5.74, 6) is 0.0951. The van der Waals surface area contributed by atoms with E-state index < -0.39 is 5.82 Å². The van der Waals surface area contributed by atoms with E-state index in [0.29, 0.717) is 18.8 Å². The molecule has 0 radical (unpaired) electrons. The highest BCUT2D eigenvalue weighted by Gasteiger charge is 2.22. The van der Waals surface area contributed by atoms with Crippen molar-refractivity contribution in [1.29, 1.82) is 0 Å². The van der Waals surface area contributed by atoms with Crippen LogP contribution < -0.4 is 10.5 Å². The summed E-state index contributed by atoms with van der Waals surface area (Å²) in [6.45, 7) is 2.49. The Morgan fingerprint density at radius 1 is 1.63 bits per heavy atom. The summed E-state index contributed by atoms with van der Waals surface area (Å²) in [7, 11) is 0. The molecule has 1 aromatic rings. The molecule has 1 aliphatic rings. The molecule has 19 heavy (non-hydrogen) atoms. The van der Waals surface area contributed by atoms with Gasteiger partial charge in [-0.25, -0.2) is 9.38 Å². The first-order valence-corrected chi connectivity index (χ1v) is 6.54.